The Morgan fingerprint density at radius 3 is 2.67 bits per heavy atom. The van der Waals surface area contributed by atoms with Gasteiger partial charge in [0.2, 0.25) is 6.41 Å². The molecule has 0 heterocycles. The summed E-state index contributed by atoms with van der Waals surface area (Å²) in [6.07, 6.45) is 13.4. The van der Waals surface area contributed by atoms with Crippen molar-refractivity contribution in [1.29, 1.82) is 0 Å². The van der Waals surface area contributed by atoms with Crippen molar-refractivity contribution >= 4 is 12.5 Å². The molecule has 0 spiro atoms. The zero-order valence-electron chi connectivity index (χ0n) is 18.2. The van der Waals surface area contributed by atoms with Gasteiger partial charge in [0.15, 0.2) is 0 Å². The van der Waals surface area contributed by atoms with E-state index in [2.05, 4.69) is 29.8 Å². The largest absolute Gasteiger partial charge is 0.445 e. The number of carbonyl (C=O) groups is 2. The molecule has 1 aromatic rings. The summed E-state index contributed by atoms with van der Waals surface area (Å²) >= 11 is 0. The normalized spacial score (nSPS) is 11.3. The molecule has 0 fully saturated rings. The summed E-state index contributed by atoms with van der Waals surface area (Å²) in [6, 6.07) is 8.09. The van der Waals surface area contributed by atoms with Crippen LogP contribution in [-0.2, 0) is 22.6 Å². The first-order valence-corrected chi connectivity index (χ1v) is 10.4. The molecular formula is C25H34N2O3. The van der Waals surface area contributed by atoms with Gasteiger partial charge >= 0.3 is 6.09 Å². The van der Waals surface area contributed by atoms with Crippen molar-refractivity contribution in [1.82, 2.24) is 10.2 Å². The van der Waals surface area contributed by atoms with Crippen LogP contribution in [-0.4, -0.2) is 37.5 Å². The first kappa shape index (κ1) is 25.0. The Morgan fingerprint density at radius 2 is 2.00 bits per heavy atom. The summed E-state index contributed by atoms with van der Waals surface area (Å²) in [6.45, 7) is 7.23. The number of rotatable bonds is 14. The van der Waals surface area contributed by atoms with Gasteiger partial charge in [-0.25, -0.2) is 4.79 Å². The molecule has 1 atom stereocenters. The average Bonchev–Trinajstić information content (AvgIpc) is 2.76. The fourth-order valence-corrected chi connectivity index (χ4v) is 2.94. The zero-order chi connectivity index (χ0) is 22.0. The maximum Gasteiger partial charge on any atom is 0.409 e. The lowest BCUT2D eigenvalue weighted by Crippen LogP contribution is -2.27. The van der Waals surface area contributed by atoms with Gasteiger partial charge in [0, 0.05) is 20.1 Å². The van der Waals surface area contributed by atoms with Crippen LogP contribution in [0.3, 0.4) is 0 Å². The second kappa shape index (κ2) is 15.8. The molecule has 30 heavy (non-hydrogen) atoms. The lowest BCUT2D eigenvalue weighted by molar-refractivity contribution is -0.109. The minimum Gasteiger partial charge on any atom is -0.445 e. The highest BCUT2D eigenvalue weighted by atomic mass is 16.6. The van der Waals surface area contributed by atoms with Crippen LogP contribution < -0.4 is 5.32 Å². The van der Waals surface area contributed by atoms with Gasteiger partial charge in [-0.1, -0.05) is 56.0 Å². The van der Waals surface area contributed by atoms with Gasteiger partial charge in [0.25, 0.3) is 0 Å². The van der Waals surface area contributed by atoms with Crippen molar-refractivity contribution in [2.45, 2.75) is 39.2 Å². The average molecular weight is 411 g/mol. The highest BCUT2D eigenvalue weighted by molar-refractivity contribution is 5.67. The fourth-order valence-electron chi connectivity index (χ4n) is 2.94. The van der Waals surface area contributed by atoms with Gasteiger partial charge in [-0.2, -0.15) is 0 Å². The molecule has 0 radical (unpaired) electrons. The van der Waals surface area contributed by atoms with Crippen LogP contribution in [0.2, 0.25) is 0 Å². The van der Waals surface area contributed by atoms with Crippen molar-refractivity contribution in [2.75, 3.05) is 20.1 Å². The Hall–Kier alpha value is -3.04. The third-order valence-corrected chi connectivity index (χ3v) is 4.55. The summed E-state index contributed by atoms with van der Waals surface area (Å²) in [7, 11) is 1.74. The summed E-state index contributed by atoms with van der Waals surface area (Å²) in [5.41, 5.74) is 5.27. The summed E-state index contributed by atoms with van der Waals surface area (Å²) in [4.78, 5) is 24.2. The minimum absolute atomic E-state index is 0.265. The molecule has 1 N–H and O–H groups in total. The van der Waals surface area contributed by atoms with Gasteiger partial charge in [-0.05, 0) is 54.9 Å². The Bertz CT molecular complexity index is 731. The molecule has 0 saturated heterocycles. The first-order valence-electron chi connectivity index (χ1n) is 10.4. The van der Waals surface area contributed by atoms with E-state index in [9.17, 15) is 9.59 Å². The van der Waals surface area contributed by atoms with Gasteiger partial charge in [0.05, 0.1) is 0 Å². The minimum atomic E-state index is -0.303. The third-order valence-electron chi connectivity index (χ3n) is 4.55. The Labute approximate surface area is 180 Å². The maximum atomic E-state index is 11.9. The summed E-state index contributed by atoms with van der Waals surface area (Å²) in [5.74, 6) is 0.336. The molecule has 1 unspecified atom stereocenters. The Kier molecular flexibility index (Phi) is 13.2. The number of allylic oxidation sites excluding steroid dienone is 4. The van der Waals surface area contributed by atoms with E-state index in [1.54, 1.807) is 18.0 Å². The fraction of sp³-hybridized carbons (Fsp3) is 0.400. The molecule has 0 aliphatic heterocycles. The van der Waals surface area contributed by atoms with E-state index < -0.39 is 0 Å². The van der Waals surface area contributed by atoms with E-state index >= 15 is 0 Å². The van der Waals surface area contributed by atoms with Crippen molar-refractivity contribution in [2.24, 2.45) is 5.92 Å². The molecule has 5 nitrogen and oxygen atoms in total. The molecular weight excluding hydrogens is 376 g/mol. The second-order valence-corrected chi connectivity index (χ2v) is 7.12. The van der Waals surface area contributed by atoms with E-state index in [0.717, 1.165) is 37.7 Å². The highest BCUT2D eigenvalue weighted by Gasteiger charge is 2.11. The number of ether oxygens (including phenoxy) is 1. The molecule has 0 aromatic heterocycles. The van der Waals surface area contributed by atoms with E-state index in [-0.39, 0.29) is 12.7 Å². The third kappa shape index (κ3) is 11.1. The molecule has 0 aliphatic carbocycles. The predicted molar refractivity (Wildman–Crippen MR) is 122 cm³/mol. The van der Waals surface area contributed by atoms with Crippen molar-refractivity contribution < 1.29 is 14.3 Å². The van der Waals surface area contributed by atoms with E-state index in [4.69, 9.17) is 4.74 Å². The molecule has 1 aromatic carbocycles. The van der Waals surface area contributed by atoms with Crippen LogP contribution in [0.25, 0.3) is 0 Å². The van der Waals surface area contributed by atoms with Crippen molar-refractivity contribution in [3.05, 3.63) is 78.1 Å². The molecule has 0 bridgehead atoms. The Morgan fingerprint density at radius 1 is 1.27 bits per heavy atom. The smallest absolute Gasteiger partial charge is 0.409 e. The lowest BCUT2D eigenvalue weighted by atomic mass is 9.94. The van der Waals surface area contributed by atoms with Crippen LogP contribution in [0.15, 0.2) is 67.0 Å². The number of nitrogens with zero attached hydrogens (tertiary/aromatic N) is 1. The number of amides is 2. The molecule has 5 heteroatoms. The van der Waals surface area contributed by atoms with Crippen LogP contribution in [0, 0.1) is 5.92 Å². The standard InChI is InChI=1S/C25H34N2O3/c1-4-6-7-8-9-10-11-12-24(19-26-21-28)18-22-13-15-23(16-14-22)20-30-25(29)27(3)17-5-2/h4,6-8,10,13-16,21,24H,1,5,11-12,17-20H2,2-3H3,(H,26,28)/b7-6-. The zero-order valence-corrected chi connectivity index (χ0v) is 18.2. The molecule has 1 rings (SSSR count). The summed E-state index contributed by atoms with van der Waals surface area (Å²) < 4.78 is 5.33. The number of nitrogens with one attached hydrogen (secondary N) is 1. The number of benzene rings is 1. The van der Waals surface area contributed by atoms with Crippen LogP contribution in [0.5, 0.6) is 0 Å². The molecule has 0 aliphatic rings. The van der Waals surface area contributed by atoms with E-state index in [1.807, 2.05) is 43.4 Å². The van der Waals surface area contributed by atoms with Crippen molar-refractivity contribution in [3.63, 3.8) is 0 Å². The number of carbonyl (C=O) groups excluding carboxylic acids is 2. The maximum absolute atomic E-state index is 11.9. The Balaban J connectivity index is 2.55. The highest BCUT2D eigenvalue weighted by Crippen LogP contribution is 2.15. The lowest BCUT2D eigenvalue weighted by Gasteiger charge is -2.17. The quantitative estimate of drug-likeness (QED) is 0.272. The van der Waals surface area contributed by atoms with E-state index in [1.165, 1.54) is 5.56 Å². The number of hydrogen-bond acceptors (Lipinski definition) is 3. The SMILES string of the molecule is C=C/C=C\C=C=CCCC(CNC=O)Cc1ccc(COC(=O)N(C)CCC)cc1. The van der Waals surface area contributed by atoms with Crippen LogP contribution in [0.1, 0.15) is 37.3 Å². The van der Waals surface area contributed by atoms with Gasteiger partial charge < -0.3 is 15.0 Å². The summed E-state index contributed by atoms with van der Waals surface area (Å²) in [5, 5.41) is 2.80. The van der Waals surface area contributed by atoms with E-state index in [0.29, 0.717) is 19.0 Å². The van der Waals surface area contributed by atoms with Gasteiger partial charge in [-0.3, -0.25) is 4.79 Å². The van der Waals surface area contributed by atoms with Gasteiger partial charge in [-0.15, -0.1) is 5.73 Å². The monoisotopic (exact) mass is 410 g/mol. The first-order chi connectivity index (χ1) is 14.6. The molecule has 162 valence electrons. The van der Waals surface area contributed by atoms with Crippen LogP contribution in [0.4, 0.5) is 4.79 Å². The second-order valence-electron chi connectivity index (χ2n) is 7.12. The molecule has 2 amide bonds. The number of hydrogen-bond donors (Lipinski definition) is 1. The molecule has 0 saturated carbocycles. The van der Waals surface area contributed by atoms with Crippen molar-refractivity contribution in [3.8, 4) is 0 Å². The van der Waals surface area contributed by atoms with Crippen LogP contribution >= 0.6 is 0 Å². The van der Waals surface area contributed by atoms with Gasteiger partial charge in [0.1, 0.15) is 6.61 Å². The predicted octanol–water partition coefficient (Wildman–Crippen LogP) is 4.80. The topological polar surface area (TPSA) is 58.6 Å².